The molecule has 0 amide bonds. The molecule has 0 radical (unpaired) electrons. The van der Waals surface area contributed by atoms with Gasteiger partial charge < -0.3 is 5.11 Å². The summed E-state index contributed by atoms with van der Waals surface area (Å²) in [6.07, 6.45) is 0. The average Bonchev–Trinajstić information content (AvgIpc) is 2.32. The number of carbonyl (C=O) groups is 1. The minimum absolute atomic E-state index is 0.0616. The van der Waals surface area contributed by atoms with Crippen molar-refractivity contribution in [3.05, 3.63) is 58.6 Å². The zero-order valence-corrected chi connectivity index (χ0v) is 9.71. The number of aromatic carboxylic acids is 1. The van der Waals surface area contributed by atoms with Crippen LogP contribution < -0.4 is 0 Å². The monoisotopic (exact) mass is 268 g/mol. The normalized spacial score (nSPS) is 10.4. The van der Waals surface area contributed by atoms with Crippen LogP contribution >= 0.6 is 11.6 Å². The molecule has 5 heteroatoms. The van der Waals surface area contributed by atoms with Crippen molar-refractivity contribution in [2.24, 2.45) is 0 Å². The molecule has 0 bridgehead atoms. The van der Waals surface area contributed by atoms with Crippen LogP contribution in [0.5, 0.6) is 0 Å². The lowest BCUT2D eigenvalue weighted by Crippen LogP contribution is -2.00. The minimum Gasteiger partial charge on any atom is -0.478 e. The van der Waals surface area contributed by atoms with E-state index in [2.05, 4.69) is 0 Å². The van der Waals surface area contributed by atoms with Crippen molar-refractivity contribution in [2.75, 3.05) is 0 Å². The molecule has 2 nitrogen and oxygen atoms in total. The van der Waals surface area contributed by atoms with Crippen molar-refractivity contribution in [1.82, 2.24) is 0 Å². The summed E-state index contributed by atoms with van der Waals surface area (Å²) in [5, 5.41) is 9.31. The van der Waals surface area contributed by atoms with Crippen LogP contribution in [0, 0.1) is 11.6 Å². The zero-order valence-electron chi connectivity index (χ0n) is 8.95. The van der Waals surface area contributed by atoms with Gasteiger partial charge in [-0.2, -0.15) is 0 Å². The molecule has 0 saturated carbocycles. The van der Waals surface area contributed by atoms with Gasteiger partial charge in [0.25, 0.3) is 0 Å². The van der Waals surface area contributed by atoms with E-state index in [4.69, 9.17) is 16.7 Å². The van der Waals surface area contributed by atoms with Gasteiger partial charge in [-0.05, 0) is 35.4 Å². The van der Waals surface area contributed by atoms with Gasteiger partial charge in [0.15, 0.2) is 11.6 Å². The van der Waals surface area contributed by atoms with Gasteiger partial charge in [-0.3, -0.25) is 0 Å². The maximum Gasteiger partial charge on any atom is 0.336 e. The molecule has 92 valence electrons. The highest BCUT2D eigenvalue weighted by Gasteiger charge is 2.13. The Bertz CT molecular complexity index is 626. The first-order valence-electron chi connectivity index (χ1n) is 4.97. The highest BCUT2D eigenvalue weighted by atomic mass is 35.5. The number of hydrogen-bond acceptors (Lipinski definition) is 1. The predicted octanol–water partition coefficient (Wildman–Crippen LogP) is 3.98. The SMILES string of the molecule is O=C(O)c1cc(Cl)ccc1-c1ccc(F)c(F)c1. The van der Waals surface area contributed by atoms with Gasteiger partial charge in [0.05, 0.1) is 5.56 Å². The van der Waals surface area contributed by atoms with Crippen LogP contribution in [0.3, 0.4) is 0 Å². The fourth-order valence-electron chi connectivity index (χ4n) is 1.61. The molecule has 0 aliphatic heterocycles. The maximum absolute atomic E-state index is 13.1. The Kier molecular flexibility index (Phi) is 3.30. The molecule has 2 aromatic carbocycles. The van der Waals surface area contributed by atoms with E-state index in [1.807, 2.05) is 0 Å². The number of benzene rings is 2. The summed E-state index contributed by atoms with van der Waals surface area (Å²) in [6, 6.07) is 7.42. The summed E-state index contributed by atoms with van der Waals surface area (Å²) < 4.78 is 26.0. The molecular formula is C13H7ClF2O2. The quantitative estimate of drug-likeness (QED) is 0.894. The van der Waals surface area contributed by atoms with Crippen molar-refractivity contribution in [1.29, 1.82) is 0 Å². The molecule has 0 unspecified atom stereocenters. The summed E-state index contributed by atoms with van der Waals surface area (Å²) in [5.74, 6) is -3.19. The Balaban J connectivity index is 2.63. The van der Waals surface area contributed by atoms with E-state index in [1.54, 1.807) is 0 Å². The Morgan fingerprint density at radius 3 is 2.39 bits per heavy atom. The van der Waals surface area contributed by atoms with Gasteiger partial charge in [0.2, 0.25) is 0 Å². The minimum atomic E-state index is -1.18. The van der Waals surface area contributed by atoms with Crippen LogP contribution in [0.15, 0.2) is 36.4 Å². The lowest BCUT2D eigenvalue weighted by Gasteiger charge is -2.07. The van der Waals surface area contributed by atoms with Gasteiger partial charge in [-0.25, -0.2) is 13.6 Å². The maximum atomic E-state index is 13.1. The van der Waals surface area contributed by atoms with Crippen LogP contribution in [-0.2, 0) is 0 Å². The summed E-state index contributed by atoms with van der Waals surface area (Å²) in [5.41, 5.74) is 0.502. The third-order valence-electron chi connectivity index (χ3n) is 2.44. The smallest absolute Gasteiger partial charge is 0.336 e. The molecule has 2 aromatic rings. The molecule has 0 heterocycles. The molecule has 1 N–H and O–H groups in total. The lowest BCUT2D eigenvalue weighted by molar-refractivity contribution is 0.0697. The van der Waals surface area contributed by atoms with Crippen molar-refractivity contribution in [3.63, 3.8) is 0 Å². The first-order chi connectivity index (χ1) is 8.49. The first kappa shape index (κ1) is 12.5. The second-order valence-corrected chi connectivity index (χ2v) is 4.06. The molecule has 18 heavy (non-hydrogen) atoms. The zero-order chi connectivity index (χ0) is 13.3. The molecule has 0 aliphatic carbocycles. The summed E-state index contributed by atoms with van der Waals surface area (Å²) in [6.45, 7) is 0. The van der Waals surface area contributed by atoms with E-state index >= 15 is 0 Å². The van der Waals surface area contributed by atoms with Crippen molar-refractivity contribution >= 4 is 17.6 Å². The van der Waals surface area contributed by atoms with E-state index < -0.39 is 17.6 Å². The van der Waals surface area contributed by atoms with Gasteiger partial charge in [-0.1, -0.05) is 23.7 Å². The predicted molar refractivity (Wildman–Crippen MR) is 63.8 cm³/mol. The number of halogens is 3. The Morgan fingerprint density at radius 1 is 1.06 bits per heavy atom. The van der Waals surface area contributed by atoms with Gasteiger partial charge in [-0.15, -0.1) is 0 Å². The molecule has 0 atom stereocenters. The van der Waals surface area contributed by atoms with Gasteiger partial charge in [0.1, 0.15) is 0 Å². The standard InChI is InChI=1S/C13H7ClF2O2/c14-8-2-3-9(10(6-8)13(17)18)7-1-4-11(15)12(16)5-7/h1-6H,(H,17,18). The Morgan fingerprint density at radius 2 is 1.78 bits per heavy atom. The fourth-order valence-corrected chi connectivity index (χ4v) is 1.78. The Hall–Kier alpha value is -1.94. The molecule has 0 saturated heterocycles. The highest BCUT2D eigenvalue weighted by Crippen LogP contribution is 2.27. The number of hydrogen-bond donors (Lipinski definition) is 1. The Labute approximate surface area is 106 Å². The van der Waals surface area contributed by atoms with Crippen molar-refractivity contribution in [3.8, 4) is 11.1 Å². The van der Waals surface area contributed by atoms with Gasteiger partial charge >= 0.3 is 5.97 Å². The third kappa shape index (κ3) is 2.33. The molecule has 0 fully saturated rings. The highest BCUT2D eigenvalue weighted by molar-refractivity contribution is 6.31. The number of rotatable bonds is 2. The molecule has 2 rings (SSSR count). The van der Waals surface area contributed by atoms with Crippen LogP contribution in [0.1, 0.15) is 10.4 Å². The second-order valence-electron chi connectivity index (χ2n) is 3.62. The van der Waals surface area contributed by atoms with E-state index in [-0.39, 0.29) is 21.7 Å². The van der Waals surface area contributed by atoms with E-state index in [1.165, 1.54) is 24.3 Å². The van der Waals surface area contributed by atoms with E-state index in [9.17, 15) is 13.6 Å². The van der Waals surface area contributed by atoms with Crippen LogP contribution in [0.4, 0.5) is 8.78 Å². The topological polar surface area (TPSA) is 37.3 Å². The van der Waals surface area contributed by atoms with Gasteiger partial charge in [0, 0.05) is 5.02 Å². The number of carboxylic acid groups (broad SMARTS) is 1. The second kappa shape index (κ2) is 4.74. The number of carboxylic acids is 1. The fraction of sp³-hybridized carbons (Fsp3) is 0. The third-order valence-corrected chi connectivity index (χ3v) is 2.68. The molecule has 0 spiro atoms. The van der Waals surface area contributed by atoms with Crippen molar-refractivity contribution in [2.45, 2.75) is 0 Å². The summed E-state index contributed by atoms with van der Waals surface area (Å²) in [4.78, 5) is 11.1. The first-order valence-corrected chi connectivity index (χ1v) is 5.35. The summed E-state index contributed by atoms with van der Waals surface area (Å²) in [7, 11) is 0. The van der Waals surface area contributed by atoms with Crippen LogP contribution in [-0.4, -0.2) is 11.1 Å². The average molecular weight is 269 g/mol. The summed E-state index contributed by atoms with van der Waals surface area (Å²) >= 11 is 5.71. The van der Waals surface area contributed by atoms with E-state index in [0.717, 1.165) is 12.1 Å². The lowest BCUT2D eigenvalue weighted by atomic mass is 9.99. The largest absolute Gasteiger partial charge is 0.478 e. The molecule has 0 aromatic heterocycles. The molecular weight excluding hydrogens is 262 g/mol. The van der Waals surface area contributed by atoms with Crippen LogP contribution in [0.25, 0.3) is 11.1 Å². The van der Waals surface area contributed by atoms with E-state index in [0.29, 0.717) is 0 Å². The molecule has 0 aliphatic rings. The van der Waals surface area contributed by atoms with Crippen LogP contribution in [0.2, 0.25) is 5.02 Å². The van der Waals surface area contributed by atoms with Crippen molar-refractivity contribution < 1.29 is 18.7 Å².